The van der Waals surface area contributed by atoms with Crippen molar-refractivity contribution >= 4 is 30.8 Å². The molecule has 0 fully saturated rings. The van der Waals surface area contributed by atoms with E-state index in [0.29, 0.717) is 10.8 Å². The van der Waals surface area contributed by atoms with Crippen molar-refractivity contribution in [2.45, 2.75) is 9.79 Å². The first-order chi connectivity index (χ1) is 7.90. The van der Waals surface area contributed by atoms with Gasteiger partial charge in [-0.05, 0) is 22.9 Å². The van der Waals surface area contributed by atoms with Crippen LogP contribution in [0.25, 0.3) is 10.8 Å². The second kappa shape index (κ2) is 3.06. The van der Waals surface area contributed by atoms with Gasteiger partial charge in [0.15, 0.2) is 0 Å². The third-order valence-electron chi connectivity index (χ3n) is 2.61. The maximum atomic E-state index is 11.6. The highest BCUT2D eigenvalue weighted by molar-refractivity contribution is 8.07. The zero-order valence-corrected chi connectivity index (χ0v) is 10.0. The molecule has 0 aliphatic carbocycles. The molecule has 0 bridgehead atoms. The number of benzene rings is 2. The summed E-state index contributed by atoms with van der Waals surface area (Å²) in [5.41, 5.74) is 0. The molecule has 3 rings (SSSR count). The molecule has 7 heteroatoms. The Labute approximate surface area is 98.2 Å². The lowest BCUT2D eigenvalue weighted by atomic mass is 10.1. The van der Waals surface area contributed by atoms with Crippen molar-refractivity contribution in [3.8, 4) is 0 Å². The van der Waals surface area contributed by atoms with Crippen LogP contribution in [0, 0.1) is 0 Å². The molecule has 0 unspecified atom stereocenters. The minimum absolute atomic E-state index is 0.184. The Kier molecular flexibility index (Phi) is 1.93. The van der Waals surface area contributed by atoms with E-state index in [9.17, 15) is 16.8 Å². The van der Waals surface area contributed by atoms with Crippen LogP contribution in [0.4, 0.5) is 0 Å². The topological polar surface area (TPSA) is 80.3 Å². The summed E-state index contributed by atoms with van der Waals surface area (Å²) >= 11 is 0. The summed E-state index contributed by atoms with van der Waals surface area (Å²) in [6.07, 6.45) is 0. The average Bonchev–Trinajstić information content (AvgIpc) is 2.43. The Morgan fingerprint density at radius 3 is 1.59 bits per heavy atom. The smallest absolute Gasteiger partial charge is 0.206 e. The molecule has 1 N–H and O–H groups in total. The summed E-state index contributed by atoms with van der Waals surface area (Å²) in [5.74, 6) is 0. The van der Waals surface area contributed by atoms with Gasteiger partial charge in [-0.2, -0.15) is 0 Å². The number of fused-ring (bicyclic) bond motifs is 2. The molecule has 0 saturated heterocycles. The van der Waals surface area contributed by atoms with Crippen LogP contribution in [-0.4, -0.2) is 16.8 Å². The summed E-state index contributed by atoms with van der Waals surface area (Å²) in [6.45, 7) is 0. The van der Waals surface area contributed by atoms with E-state index in [2.05, 4.69) is 0 Å². The second-order valence-electron chi connectivity index (χ2n) is 3.74. The average molecular weight is 269 g/mol. The van der Waals surface area contributed by atoms with E-state index in [1.165, 1.54) is 12.1 Å². The molecule has 2 aromatic carbocycles. The number of rotatable bonds is 0. The van der Waals surface area contributed by atoms with Gasteiger partial charge in [0.1, 0.15) is 9.79 Å². The van der Waals surface area contributed by atoms with E-state index in [1.807, 2.05) is 0 Å². The number of hydrogen-bond donors (Lipinski definition) is 1. The summed E-state index contributed by atoms with van der Waals surface area (Å²) in [5, 5.41) is 1.38. The molecule has 0 saturated carbocycles. The van der Waals surface area contributed by atoms with E-state index >= 15 is 0 Å². The van der Waals surface area contributed by atoms with Gasteiger partial charge in [0.25, 0.3) is 20.0 Å². The Morgan fingerprint density at radius 1 is 0.765 bits per heavy atom. The second-order valence-corrected chi connectivity index (χ2v) is 7.30. The van der Waals surface area contributed by atoms with E-state index in [1.54, 1.807) is 28.4 Å². The predicted octanol–water partition coefficient (Wildman–Crippen LogP) is 0.820. The molecular weight excluding hydrogens is 262 g/mol. The highest BCUT2D eigenvalue weighted by Gasteiger charge is 2.38. The molecule has 5 nitrogen and oxygen atoms in total. The van der Waals surface area contributed by atoms with Gasteiger partial charge in [0, 0.05) is 0 Å². The van der Waals surface area contributed by atoms with Crippen molar-refractivity contribution in [2.24, 2.45) is 0 Å². The normalized spacial score (nSPS) is 20.2. The van der Waals surface area contributed by atoms with Crippen LogP contribution in [0.3, 0.4) is 0 Å². The summed E-state index contributed by atoms with van der Waals surface area (Å²) < 4.78 is 48.1. The van der Waals surface area contributed by atoms with Gasteiger partial charge in [-0.1, -0.05) is 24.3 Å². The van der Waals surface area contributed by atoms with Gasteiger partial charge in [0.05, 0.1) is 0 Å². The van der Waals surface area contributed by atoms with Crippen LogP contribution in [0.1, 0.15) is 0 Å². The van der Waals surface area contributed by atoms with Crippen LogP contribution >= 0.6 is 0 Å². The molecule has 1 heterocycles. The van der Waals surface area contributed by atoms with Gasteiger partial charge < -0.3 is 0 Å². The van der Waals surface area contributed by atoms with E-state index in [0.717, 1.165) is 0 Å². The fourth-order valence-electron chi connectivity index (χ4n) is 1.85. The first kappa shape index (κ1) is 10.7. The molecule has 0 radical (unpaired) electrons. The Morgan fingerprint density at radius 2 is 1.18 bits per heavy atom. The molecule has 17 heavy (non-hydrogen) atoms. The van der Waals surface area contributed by atoms with Gasteiger partial charge in [-0.25, -0.2) is 16.8 Å². The van der Waals surface area contributed by atoms with Crippen molar-refractivity contribution in [1.29, 1.82) is 0 Å². The molecule has 0 amide bonds. The van der Waals surface area contributed by atoms with Gasteiger partial charge >= 0.3 is 0 Å². The zero-order chi connectivity index (χ0) is 12.3. The lowest BCUT2D eigenvalue weighted by Crippen LogP contribution is -2.21. The molecular formula is C10H7NO4S2. The zero-order valence-electron chi connectivity index (χ0n) is 8.41. The summed E-state index contributed by atoms with van der Waals surface area (Å²) in [7, 11) is -7.89. The van der Waals surface area contributed by atoms with Crippen molar-refractivity contribution in [3.05, 3.63) is 36.4 Å². The molecule has 0 spiro atoms. The first-order valence-corrected chi connectivity index (χ1v) is 7.68. The number of nitrogens with one attached hydrogen (secondary N) is 1. The SMILES string of the molecule is O=S1(=O)NS(=O)(=O)c2cc3ccccc3cc21. The third-order valence-corrected chi connectivity index (χ3v) is 6.33. The van der Waals surface area contributed by atoms with Crippen molar-refractivity contribution in [2.75, 3.05) is 0 Å². The largest absolute Gasteiger partial charge is 0.255 e. The molecule has 1 aliphatic rings. The van der Waals surface area contributed by atoms with Crippen LogP contribution in [-0.2, 0) is 20.0 Å². The Bertz CT molecular complexity index is 767. The predicted molar refractivity (Wildman–Crippen MR) is 61.5 cm³/mol. The quantitative estimate of drug-likeness (QED) is 0.768. The number of hydrogen-bond acceptors (Lipinski definition) is 4. The maximum absolute atomic E-state index is 11.6. The van der Waals surface area contributed by atoms with Gasteiger partial charge in [-0.15, -0.1) is 4.13 Å². The molecule has 2 aromatic rings. The van der Waals surface area contributed by atoms with Crippen molar-refractivity contribution in [1.82, 2.24) is 4.13 Å². The monoisotopic (exact) mass is 269 g/mol. The lowest BCUT2D eigenvalue weighted by molar-refractivity contribution is 0.586. The fraction of sp³-hybridized carbons (Fsp3) is 0. The van der Waals surface area contributed by atoms with Crippen molar-refractivity contribution in [3.63, 3.8) is 0 Å². The van der Waals surface area contributed by atoms with Crippen molar-refractivity contribution < 1.29 is 16.8 Å². The van der Waals surface area contributed by atoms with Crippen LogP contribution in [0.5, 0.6) is 0 Å². The lowest BCUT2D eigenvalue weighted by Gasteiger charge is -1.99. The molecule has 0 aromatic heterocycles. The molecule has 1 aliphatic heterocycles. The minimum Gasteiger partial charge on any atom is -0.206 e. The highest BCUT2D eigenvalue weighted by atomic mass is 32.3. The number of sulfonamides is 2. The van der Waals surface area contributed by atoms with Gasteiger partial charge in [-0.3, -0.25) is 0 Å². The fourth-order valence-corrected chi connectivity index (χ4v) is 5.60. The van der Waals surface area contributed by atoms with Crippen LogP contribution < -0.4 is 4.13 Å². The Balaban J connectivity index is 2.54. The molecule has 88 valence electrons. The maximum Gasteiger partial charge on any atom is 0.255 e. The van der Waals surface area contributed by atoms with E-state index in [4.69, 9.17) is 0 Å². The van der Waals surface area contributed by atoms with E-state index in [-0.39, 0.29) is 9.79 Å². The summed E-state index contributed by atoms with van der Waals surface area (Å²) in [4.78, 5) is -0.368. The van der Waals surface area contributed by atoms with E-state index < -0.39 is 20.0 Å². The van der Waals surface area contributed by atoms with Crippen LogP contribution in [0.15, 0.2) is 46.2 Å². The standard InChI is InChI=1S/C10H7NO4S2/c12-16(13)9-5-7-3-1-2-4-8(7)6-10(9)17(14,15)11-16/h1-6,11H. The summed E-state index contributed by atoms with van der Waals surface area (Å²) in [6, 6.07) is 9.73. The third kappa shape index (κ3) is 1.47. The highest BCUT2D eigenvalue weighted by Crippen LogP contribution is 2.32. The minimum atomic E-state index is -3.94. The molecule has 0 atom stereocenters. The van der Waals surface area contributed by atoms with Gasteiger partial charge in [0.2, 0.25) is 0 Å². The van der Waals surface area contributed by atoms with Crippen LogP contribution in [0.2, 0.25) is 0 Å². The Hall–Kier alpha value is -1.44. The first-order valence-electron chi connectivity index (χ1n) is 4.72.